The Balaban J connectivity index is 1.63. The Morgan fingerprint density at radius 2 is 2.18 bits per heavy atom. The molecular formula is C18H20N2OS. The van der Waals surface area contributed by atoms with Gasteiger partial charge in [-0.05, 0) is 37.4 Å². The van der Waals surface area contributed by atoms with Crippen LogP contribution >= 0.6 is 11.3 Å². The number of aromatic nitrogens is 1. The van der Waals surface area contributed by atoms with Gasteiger partial charge < -0.3 is 4.74 Å². The summed E-state index contributed by atoms with van der Waals surface area (Å²) in [6, 6.07) is 10.6. The molecule has 0 bridgehead atoms. The largest absolute Gasteiger partial charge is 0.383 e. The molecule has 0 unspecified atom stereocenters. The van der Waals surface area contributed by atoms with E-state index in [4.69, 9.17) is 4.74 Å². The molecule has 0 aliphatic carbocycles. The van der Waals surface area contributed by atoms with Crippen LogP contribution in [0.3, 0.4) is 0 Å². The van der Waals surface area contributed by atoms with E-state index >= 15 is 0 Å². The monoisotopic (exact) mass is 312 g/mol. The van der Waals surface area contributed by atoms with E-state index < -0.39 is 0 Å². The summed E-state index contributed by atoms with van der Waals surface area (Å²) >= 11 is 1.69. The van der Waals surface area contributed by atoms with Gasteiger partial charge in [-0.3, -0.25) is 4.90 Å². The second-order valence-corrected chi connectivity index (χ2v) is 6.58. The van der Waals surface area contributed by atoms with E-state index in [2.05, 4.69) is 21.7 Å². The maximum atomic E-state index is 5.31. The third kappa shape index (κ3) is 3.95. The van der Waals surface area contributed by atoms with Crippen molar-refractivity contribution in [1.29, 1.82) is 0 Å². The number of rotatable bonds is 4. The standard InChI is InChI=1S/C18H20N2OS/c1-21-14-16-8-5-11-20(16)13-17-12-19-18(22-17)10-9-15-6-3-2-4-7-15/h2-4,6-7,12,16H,5,8,11,13-14H2,1H3/t16-/m0/s1. The Labute approximate surface area is 135 Å². The van der Waals surface area contributed by atoms with Crippen LogP contribution < -0.4 is 0 Å². The Morgan fingerprint density at radius 3 is 3.00 bits per heavy atom. The van der Waals surface area contributed by atoms with Crippen molar-refractivity contribution in [2.24, 2.45) is 0 Å². The average molecular weight is 312 g/mol. The van der Waals surface area contributed by atoms with Crippen LogP contribution in [0.4, 0.5) is 0 Å². The molecule has 1 aromatic heterocycles. The molecule has 1 saturated heterocycles. The van der Waals surface area contributed by atoms with Crippen LogP contribution in [0.25, 0.3) is 0 Å². The van der Waals surface area contributed by atoms with Crippen LogP contribution in [0, 0.1) is 11.8 Å². The van der Waals surface area contributed by atoms with Gasteiger partial charge >= 0.3 is 0 Å². The van der Waals surface area contributed by atoms with E-state index in [1.54, 1.807) is 18.4 Å². The second kappa shape index (κ2) is 7.55. The molecule has 0 amide bonds. The van der Waals surface area contributed by atoms with E-state index in [1.807, 2.05) is 36.5 Å². The minimum atomic E-state index is 0.547. The van der Waals surface area contributed by atoms with Crippen LogP contribution in [-0.2, 0) is 11.3 Å². The van der Waals surface area contributed by atoms with Gasteiger partial charge in [0, 0.05) is 36.3 Å². The van der Waals surface area contributed by atoms with Gasteiger partial charge in [-0.2, -0.15) is 0 Å². The van der Waals surface area contributed by atoms with Crippen molar-refractivity contribution < 1.29 is 4.74 Å². The fourth-order valence-corrected chi connectivity index (χ4v) is 3.56. The number of hydrogen-bond donors (Lipinski definition) is 0. The molecule has 114 valence electrons. The molecule has 1 aliphatic rings. The molecule has 0 spiro atoms. The molecule has 0 N–H and O–H groups in total. The second-order valence-electron chi connectivity index (χ2n) is 5.47. The number of likely N-dealkylation sites (tertiary alicyclic amines) is 1. The van der Waals surface area contributed by atoms with E-state index in [-0.39, 0.29) is 0 Å². The van der Waals surface area contributed by atoms with Gasteiger partial charge in [-0.1, -0.05) is 24.1 Å². The number of benzene rings is 1. The molecule has 1 fully saturated rings. The fourth-order valence-electron chi connectivity index (χ4n) is 2.77. The Bertz CT molecular complexity index is 656. The molecule has 22 heavy (non-hydrogen) atoms. The van der Waals surface area contributed by atoms with Crippen molar-refractivity contribution >= 4 is 11.3 Å². The summed E-state index contributed by atoms with van der Waals surface area (Å²) in [5, 5.41) is 0.890. The summed E-state index contributed by atoms with van der Waals surface area (Å²) < 4.78 is 5.31. The highest BCUT2D eigenvalue weighted by Crippen LogP contribution is 2.22. The Morgan fingerprint density at radius 1 is 1.32 bits per heavy atom. The molecular weight excluding hydrogens is 292 g/mol. The SMILES string of the molecule is COC[C@@H]1CCCN1Cc1cnc(C#Cc2ccccc2)s1. The summed E-state index contributed by atoms with van der Waals surface area (Å²) in [4.78, 5) is 8.20. The van der Waals surface area contributed by atoms with Gasteiger partial charge in [0.15, 0.2) is 5.01 Å². The van der Waals surface area contributed by atoms with Gasteiger partial charge in [-0.25, -0.2) is 4.98 Å². The van der Waals surface area contributed by atoms with Crippen LogP contribution in [0.2, 0.25) is 0 Å². The number of methoxy groups -OCH3 is 1. The maximum absolute atomic E-state index is 5.31. The first-order valence-electron chi connectivity index (χ1n) is 7.60. The third-order valence-electron chi connectivity index (χ3n) is 3.86. The zero-order chi connectivity index (χ0) is 15.2. The highest BCUT2D eigenvalue weighted by atomic mass is 32.1. The molecule has 1 aromatic carbocycles. The molecule has 3 nitrogen and oxygen atoms in total. The van der Waals surface area contributed by atoms with Crippen molar-refractivity contribution in [2.75, 3.05) is 20.3 Å². The van der Waals surface area contributed by atoms with Crippen LogP contribution in [0.1, 0.15) is 28.3 Å². The quantitative estimate of drug-likeness (QED) is 0.811. The summed E-state index contributed by atoms with van der Waals surface area (Å²) in [7, 11) is 1.78. The predicted octanol–water partition coefficient (Wildman–Crippen LogP) is 3.15. The number of nitrogens with zero attached hydrogens (tertiary/aromatic N) is 2. The molecule has 1 aliphatic heterocycles. The summed E-state index contributed by atoms with van der Waals surface area (Å²) in [6.45, 7) is 2.93. The van der Waals surface area contributed by atoms with Crippen LogP contribution in [0.15, 0.2) is 36.5 Å². The molecule has 2 heterocycles. The van der Waals surface area contributed by atoms with Crippen molar-refractivity contribution in [3.63, 3.8) is 0 Å². The minimum absolute atomic E-state index is 0.547. The maximum Gasteiger partial charge on any atom is 0.167 e. The van der Waals surface area contributed by atoms with E-state index in [1.165, 1.54) is 17.7 Å². The van der Waals surface area contributed by atoms with Crippen LogP contribution in [-0.4, -0.2) is 36.2 Å². The molecule has 2 aromatic rings. The lowest BCUT2D eigenvalue weighted by Crippen LogP contribution is -2.32. The third-order valence-corrected chi connectivity index (χ3v) is 4.76. The highest BCUT2D eigenvalue weighted by molar-refractivity contribution is 7.12. The number of hydrogen-bond acceptors (Lipinski definition) is 4. The first kappa shape index (κ1) is 15.2. The topological polar surface area (TPSA) is 25.4 Å². The van der Waals surface area contributed by atoms with Crippen molar-refractivity contribution in [1.82, 2.24) is 9.88 Å². The summed E-state index contributed by atoms with van der Waals surface area (Å²) in [5.41, 5.74) is 1.03. The number of ether oxygens (including phenoxy) is 1. The summed E-state index contributed by atoms with van der Waals surface area (Å²) in [5.74, 6) is 6.32. The van der Waals surface area contributed by atoms with Crippen LogP contribution in [0.5, 0.6) is 0 Å². The Hall–Kier alpha value is -1.67. The first-order valence-corrected chi connectivity index (χ1v) is 8.41. The zero-order valence-corrected chi connectivity index (χ0v) is 13.6. The Kier molecular flexibility index (Phi) is 5.23. The van der Waals surface area contributed by atoms with Crippen molar-refractivity contribution in [2.45, 2.75) is 25.4 Å². The van der Waals surface area contributed by atoms with Crippen molar-refractivity contribution in [3.05, 3.63) is 52.0 Å². The normalized spacial score (nSPS) is 18.1. The van der Waals surface area contributed by atoms with Crippen molar-refractivity contribution in [3.8, 4) is 11.8 Å². The lowest BCUT2D eigenvalue weighted by Gasteiger charge is -2.22. The first-order chi connectivity index (χ1) is 10.8. The molecule has 0 radical (unpaired) electrons. The molecule has 0 saturated carbocycles. The summed E-state index contributed by atoms with van der Waals surface area (Å²) in [6.07, 6.45) is 4.45. The molecule has 3 rings (SSSR count). The highest BCUT2D eigenvalue weighted by Gasteiger charge is 2.24. The molecule has 1 atom stereocenters. The predicted molar refractivity (Wildman–Crippen MR) is 89.8 cm³/mol. The fraction of sp³-hybridized carbons (Fsp3) is 0.389. The number of thiazole rings is 1. The van der Waals surface area contributed by atoms with E-state index in [0.29, 0.717) is 6.04 Å². The minimum Gasteiger partial charge on any atom is -0.383 e. The average Bonchev–Trinajstić information content (AvgIpc) is 3.17. The smallest absolute Gasteiger partial charge is 0.167 e. The van der Waals surface area contributed by atoms with Gasteiger partial charge in [0.1, 0.15) is 0 Å². The lowest BCUT2D eigenvalue weighted by atomic mass is 10.2. The zero-order valence-electron chi connectivity index (χ0n) is 12.8. The van der Waals surface area contributed by atoms with Gasteiger partial charge in [0.25, 0.3) is 0 Å². The van der Waals surface area contributed by atoms with E-state index in [0.717, 1.165) is 30.3 Å². The lowest BCUT2D eigenvalue weighted by molar-refractivity contribution is 0.112. The van der Waals surface area contributed by atoms with Gasteiger partial charge in [0.05, 0.1) is 6.61 Å². The van der Waals surface area contributed by atoms with Gasteiger partial charge in [-0.15, -0.1) is 11.3 Å². The van der Waals surface area contributed by atoms with E-state index in [9.17, 15) is 0 Å². The van der Waals surface area contributed by atoms with Gasteiger partial charge in [0.2, 0.25) is 0 Å². The molecule has 4 heteroatoms.